The second-order valence-electron chi connectivity index (χ2n) is 5.36. The van der Waals surface area contributed by atoms with E-state index < -0.39 is 7.60 Å². The van der Waals surface area contributed by atoms with E-state index in [1.165, 1.54) is 6.07 Å². The van der Waals surface area contributed by atoms with Gasteiger partial charge in [-0.25, -0.2) is 0 Å². The fourth-order valence-corrected chi connectivity index (χ4v) is 3.88. The van der Waals surface area contributed by atoms with Crippen molar-refractivity contribution < 1.29 is 14.4 Å². The highest BCUT2D eigenvalue weighted by Gasteiger charge is 2.20. The van der Waals surface area contributed by atoms with E-state index in [1.54, 1.807) is 12.1 Å². The molecule has 4 heteroatoms. The Bertz CT molecular complexity index is 1080. The maximum Gasteiger partial charge on any atom is 0.356 e. The van der Waals surface area contributed by atoms with E-state index in [2.05, 4.69) is 12.1 Å². The molecule has 4 aromatic carbocycles. The summed E-state index contributed by atoms with van der Waals surface area (Å²) in [6.07, 6.45) is 0. The van der Waals surface area contributed by atoms with Crippen molar-refractivity contribution in [1.29, 1.82) is 0 Å². The Balaban J connectivity index is 2.21. The van der Waals surface area contributed by atoms with Crippen LogP contribution in [-0.4, -0.2) is 9.79 Å². The Labute approximate surface area is 127 Å². The molecule has 2 N–H and O–H groups in total. The van der Waals surface area contributed by atoms with E-state index in [0.29, 0.717) is 5.39 Å². The van der Waals surface area contributed by atoms with E-state index in [9.17, 15) is 14.4 Å². The van der Waals surface area contributed by atoms with E-state index >= 15 is 0 Å². The fourth-order valence-electron chi connectivity index (χ4n) is 3.09. The minimum atomic E-state index is -4.29. The predicted molar refractivity (Wildman–Crippen MR) is 90.6 cm³/mol. The van der Waals surface area contributed by atoms with Gasteiger partial charge in [0.2, 0.25) is 0 Å². The molecule has 0 spiro atoms. The van der Waals surface area contributed by atoms with E-state index in [-0.39, 0.29) is 5.30 Å². The first-order valence-electron chi connectivity index (χ1n) is 6.95. The minimum Gasteiger partial charge on any atom is -0.321 e. The van der Waals surface area contributed by atoms with Crippen LogP contribution in [-0.2, 0) is 4.57 Å². The Hall–Kier alpha value is -2.19. The Kier molecular flexibility index (Phi) is 2.85. The second-order valence-corrected chi connectivity index (χ2v) is 6.93. The number of fused-ring (bicyclic) bond motifs is 5. The van der Waals surface area contributed by atoms with Crippen molar-refractivity contribution in [1.82, 2.24) is 0 Å². The third-order valence-corrected chi connectivity index (χ3v) is 5.09. The van der Waals surface area contributed by atoms with Gasteiger partial charge in [0.25, 0.3) is 0 Å². The number of rotatable bonds is 1. The van der Waals surface area contributed by atoms with Crippen LogP contribution < -0.4 is 5.30 Å². The molecule has 3 nitrogen and oxygen atoms in total. The average Bonchev–Trinajstić information content (AvgIpc) is 2.52. The molecular formula is C18H13O3P. The summed E-state index contributed by atoms with van der Waals surface area (Å²) in [4.78, 5) is 19.1. The van der Waals surface area contributed by atoms with Gasteiger partial charge in [0.15, 0.2) is 0 Å². The second kappa shape index (κ2) is 4.65. The Morgan fingerprint density at radius 2 is 1.18 bits per heavy atom. The Morgan fingerprint density at radius 1 is 0.591 bits per heavy atom. The third kappa shape index (κ3) is 1.95. The summed E-state index contributed by atoms with van der Waals surface area (Å²) in [6.45, 7) is 0. The molecule has 0 aromatic heterocycles. The summed E-state index contributed by atoms with van der Waals surface area (Å²) >= 11 is 0. The summed E-state index contributed by atoms with van der Waals surface area (Å²) < 4.78 is 11.7. The van der Waals surface area contributed by atoms with Crippen LogP contribution >= 0.6 is 7.60 Å². The number of hydrogen-bond donors (Lipinski definition) is 2. The molecule has 0 amide bonds. The first kappa shape index (κ1) is 13.5. The lowest BCUT2D eigenvalue weighted by Gasteiger charge is -2.11. The van der Waals surface area contributed by atoms with Crippen LogP contribution in [0.3, 0.4) is 0 Å². The summed E-state index contributed by atoms with van der Waals surface area (Å²) in [5.41, 5.74) is 0. The summed E-state index contributed by atoms with van der Waals surface area (Å²) in [7, 11) is -4.29. The largest absolute Gasteiger partial charge is 0.356 e. The van der Waals surface area contributed by atoms with Gasteiger partial charge in [0, 0.05) is 0 Å². The first-order chi connectivity index (χ1) is 10.6. The molecule has 4 rings (SSSR count). The van der Waals surface area contributed by atoms with Crippen LogP contribution in [0.15, 0.2) is 66.7 Å². The van der Waals surface area contributed by atoms with Crippen LogP contribution in [0.2, 0.25) is 0 Å². The SMILES string of the molecule is O=P(O)(O)c1cccc2c1ccc1c3ccccc3ccc21. The summed E-state index contributed by atoms with van der Waals surface area (Å²) in [5, 5.41) is 5.95. The van der Waals surface area contributed by atoms with Crippen molar-refractivity contribution in [3.8, 4) is 0 Å². The molecule has 0 aliphatic rings. The zero-order chi connectivity index (χ0) is 15.3. The Morgan fingerprint density at radius 3 is 2.00 bits per heavy atom. The normalized spacial score (nSPS) is 12.3. The molecule has 108 valence electrons. The molecular weight excluding hydrogens is 295 g/mol. The quantitative estimate of drug-likeness (QED) is 0.413. The smallest absolute Gasteiger partial charge is 0.321 e. The van der Waals surface area contributed by atoms with Gasteiger partial charge >= 0.3 is 7.60 Å². The third-order valence-electron chi connectivity index (χ3n) is 4.07. The lowest BCUT2D eigenvalue weighted by molar-refractivity contribution is 0.388. The van der Waals surface area contributed by atoms with Gasteiger partial charge in [-0.1, -0.05) is 60.7 Å². The minimum absolute atomic E-state index is 0.0834. The standard InChI is InChI=1S/C18H13O3P/c19-22(20,21)18-7-3-6-14-16-9-8-12-4-1-2-5-13(12)15(16)10-11-17(14)18/h1-11H,(H2,19,20,21). The van der Waals surface area contributed by atoms with Gasteiger partial charge in [-0.05, 0) is 38.4 Å². The van der Waals surface area contributed by atoms with Crippen molar-refractivity contribution >= 4 is 45.2 Å². The molecule has 0 heterocycles. The molecule has 0 radical (unpaired) electrons. The van der Waals surface area contributed by atoms with Gasteiger partial charge < -0.3 is 9.79 Å². The molecule has 0 bridgehead atoms. The topological polar surface area (TPSA) is 57.5 Å². The van der Waals surface area contributed by atoms with Crippen LogP contribution in [0.25, 0.3) is 32.3 Å². The summed E-state index contributed by atoms with van der Waals surface area (Å²) in [5.74, 6) is 0. The highest BCUT2D eigenvalue weighted by atomic mass is 31.2. The van der Waals surface area contributed by atoms with Crippen LogP contribution in [0.5, 0.6) is 0 Å². The van der Waals surface area contributed by atoms with Crippen molar-refractivity contribution in [2.45, 2.75) is 0 Å². The van der Waals surface area contributed by atoms with Gasteiger partial charge in [0.1, 0.15) is 0 Å². The summed E-state index contributed by atoms with van der Waals surface area (Å²) in [6, 6.07) is 21.0. The molecule has 0 saturated carbocycles. The lowest BCUT2D eigenvalue weighted by atomic mass is 9.97. The predicted octanol–water partition coefficient (Wildman–Crippen LogP) is 3.95. The van der Waals surface area contributed by atoms with Gasteiger partial charge in [-0.3, -0.25) is 4.57 Å². The maximum atomic E-state index is 11.7. The highest BCUT2D eigenvalue weighted by molar-refractivity contribution is 7.60. The molecule has 0 saturated heterocycles. The first-order valence-corrected chi connectivity index (χ1v) is 8.56. The van der Waals surface area contributed by atoms with Crippen molar-refractivity contribution in [3.05, 3.63) is 66.7 Å². The van der Waals surface area contributed by atoms with E-state index in [1.807, 2.05) is 36.4 Å². The molecule has 22 heavy (non-hydrogen) atoms. The van der Waals surface area contributed by atoms with Crippen LogP contribution in [0.1, 0.15) is 0 Å². The monoisotopic (exact) mass is 308 g/mol. The zero-order valence-electron chi connectivity index (χ0n) is 11.6. The van der Waals surface area contributed by atoms with Crippen molar-refractivity contribution in [2.24, 2.45) is 0 Å². The lowest BCUT2D eigenvalue weighted by Crippen LogP contribution is -2.05. The van der Waals surface area contributed by atoms with Gasteiger partial charge in [0.05, 0.1) is 5.30 Å². The van der Waals surface area contributed by atoms with Gasteiger partial charge in [-0.15, -0.1) is 0 Å². The molecule has 0 fully saturated rings. The van der Waals surface area contributed by atoms with Crippen LogP contribution in [0, 0.1) is 0 Å². The molecule has 0 unspecified atom stereocenters. The number of hydrogen-bond acceptors (Lipinski definition) is 1. The zero-order valence-corrected chi connectivity index (χ0v) is 12.5. The van der Waals surface area contributed by atoms with Crippen LogP contribution in [0.4, 0.5) is 0 Å². The highest BCUT2D eigenvalue weighted by Crippen LogP contribution is 2.38. The number of benzene rings is 4. The van der Waals surface area contributed by atoms with Gasteiger partial charge in [-0.2, -0.15) is 0 Å². The maximum absolute atomic E-state index is 11.7. The van der Waals surface area contributed by atoms with Crippen molar-refractivity contribution in [3.63, 3.8) is 0 Å². The molecule has 0 aliphatic heterocycles. The molecule has 0 aliphatic carbocycles. The average molecular weight is 308 g/mol. The fraction of sp³-hybridized carbons (Fsp3) is 0. The van der Waals surface area contributed by atoms with E-state index in [0.717, 1.165) is 26.9 Å². The molecule has 0 atom stereocenters. The molecule has 4 aromatic rings. The van der Waals surface area contributed by atoms with Crippen molar-refractivity contribution in [2.75, 3.05) is 0 Å². The van der Waals surface area contributed by atoms with E-state index in [4.69, 9.17) is 0 Å².